The van der Waals surface area contributed by atoms with Gasteiger partial charge < -0.3 is 9.47 Å². The molecule has 1 rings (SSSR count). The number of benzene rings is 1. The van der Waals surface area contributed by atoms with E-state index in [-0.39, 0.29) is 6.04 Å². The zero-order valence-corrected chi connectivity index (χ0v) is 11.9. The van der Waals surface area contributed by atoms with Crippen molar-refractivity contribution in [3.8, 4) is 11.5 Å². The number of rotatable bonds is 6. The Morgan fingerprint density at radius 2 is 2.00 bits per heavy atom. The van der Waals surface area contributed by atoms with Crippen LogP contribution in [0.5, 0.6) is 11.5 Å². The van der Waals surface area contributed by atoms with Gasteiger partial charge in [-0.1, -0.05) is 6.07 Å². The number of nitrogens with one attached hydrogen (secondary N) is 1. The summed E-state index contributed by atoms with van der Waals surface area (Å²) in [6, 6.07) is 5.04. The standard InChI is InChI=1S/C12H19NO4S/c1-5-17-12-8-10(6-7-11(12)16-3)9(2)13-18(4,14)15/h6-9,13H,5H2,1-4H3/t9-/m0/s1. The van der Waals surface area contributed by atoms with Crippen LogP contribution >= 0.6 is 0 Å². The number of hydrogen-bond donors (Lipinski definition) is 1. The number of ether oxygens (including phenoxy) is 2. The second-order valence-corrected chi connectivity index (χ2v) is 5.74. The molecule has 0 radical (unpaired) electrons. The Bertz CT molecular complexity index is 499. The molecule has 0 aliphatic rings. The molecule has 1 N–H and O–H groups in total. The summed E-state index contributed by atoms with van der Waals surface area (Å²) in [6.07, 6.45) is 1.14. The van der Waals surface area contributed by atoms with Crippen molar-refractivity contribution < 1.29 is 17.9 Å². The number of hydrogen-bond acceptors (Lipinski definition) is 4. The molecule has 0 spiro atoms. The zero-order chi connectivity index (χ0) is 13.8. The van der Waals surface area contributed by atoms with Gasteiger partial charge in [-0.05, 0) is 31.5 Å². The zero-order valence-electron chi connectivity index (χ0n) is 11.1. The lowest BCUT2D eigenvalue weighted by Crippen LogP contribution is -2.25. The topological polar surface area (TPSA) is 64.6 Å². The summed E-state index contributed by atoms with van der Waals surface area (Å²) >= 11 is 0. The van der Waals surface area contributed by atoms with Crippen molar-refractivity contribution in [3.05, 3.63) is 23.8 Å². The third-order valence-corrected chi connectivity index (χ3v) is 3.16. The monoisotopic (exact) mass is 273 g/mol. The van der Waals surface area contributed by atoms with Crippen LogP contribution in [0.15, 0.2) is 18.2 Å². The van der Waals surface area contributed by atoms with Gasteiger partial charge in [-0.2, -0.15) is 0 Å². The summed E-state index contributed by atoms with van der Waals surface area (Å²) in [6.45, 7) is 4.18. The lowest BCUT2D eigenvalue weighted by atomic mass is 10.1. The lowest BCUT2D eigenvalue weighted by molar-refractivity contribution is 0.310. The molecule has 0 aromatic heterocycles. The summed E-state index contributed by atoms with van der Waals surface area (Å²) in [5, 5.41) is 0. The average Bonchev–Trinajstić information content (AvgIpc) is 2.27. The van der Waals surface area contributed by atoms with Crippen LogP contribution < -0.4 is 14.2 Å². The van der Waals surface area contributed by atoms with Crippen LogP contribution in [0, 0.1) is 0 Å². The van der Waals surface area contributed by atoms with E-state index >= 15 is 0 Å². The molecular formula is C12H19NO4S. The van der Waals surface area contributed by atoms with Gasteiger partial charge in [0.2, 0.25) is 10.0 Å². The maximum absolute atomic E-state index is 11.2. The third kappa shape index (κ3) is 4.19. The minimum absolute atomic E-state index is 0.315. The third-order valence-electron chi connectivity index (χ3n) is 2.38. The summed E-state index contributed by atoms with van der Waals surface area (Å²) in [7, 11) is -1.67. The molecule has 18 heavy (non-hydrogen) atoms. The normalized spacial score (nSPS) is 13.1. The van der Waals surface area contributed by atoms with Gasteiger partial charge in [0, 0.05) is 6.04 Å². The minimum atomic E-state index is -3.23. The van der Waals surface area contributed by atoms with Crippen molar-refractivity contribution in [1.29, 1.82) is 0 Å². The fourth-order valence-electron chi connectivity index (χ4n) is 1.62. The highest BCUT2D eigenvalue weighted by atomic mass is 32.2. The van der Waals surface area contributed by atoms with E-state index in [1.54, 1.807) is 26.2 Å². The molecule has 0 fully saturated rings. The Morgan fingerprint density at radius 3 is 2.50 bits per heavy atom. The fourth-order valence-corrected chi connectivity index (χ4v) is 2.40. The number of methoxy groups -OCH3 is 1. The molecule has 0 saturated carbocycles. The van der Waals surface area contributed by atoms with E-state index in [2.05, 4.69) is 4.72 Å². The van der Waals surface area contributed by atoms with Gasteiger partial charge in [0.1, 0.15) is 0 Å². The van der Waals surface area contributed by atoms with Crippen LogP contribution in [0.2, 0.25) is 0 Å². The van der Waals surface area contributed by atoms with E-state index in [1.807, 2.05) is 13.0 Å². The average molecular weight is 273 g/mol. The second kappa shape index (κ2) is 6.06. The van der Waals surface area contributed by atoms with Crippen LogP contribution in [0.3, 0.4) is 0 Å². The summed E-state index contributed by atoms with van der Waals surface area (Å²) in [4.78, 5) is 0. The fraction of sp³-hybridized carbons (Fsp3) is 0.500. The largest absolute Gasteiger partial charge is 0.493 e. The van der Waals surface area contributed by atoms with E-state index in [0.717, 1.165) is 11.8 Å². The van der Waals surface area contributed by atoms with Crippen molar-refractivity contribution >= 4 is 10.0 Å². The Labute approximate surface area is 108 Å². The van der Waals surface area contributed by atoms with Crippen LogP contribution in [0.4, 0.5) is 0 Å². The van der Waals surface area contributed by atoms with Crippen LogP contribution in [-0.4, -0.2) is 28.4 Å². The quantitative estimate of drug-likeness (QED) is 0.857. The first-order valence-corrected chi connectivity index (χ1v) is 7.54. The Kier molecular flexibility index (Phi) is 4.98. The highest BCUT2D eigenvalue weighted by Gasteiger charge is 2.13. The van der Waals surface area contributed by atoms with Gasteiger partial charge in [-0.25, -0.2) is 13.1 Å². The van der Waals surface area contributed by atoms with Gasteiger partial charge >= 0.3 is 0 Å². The molecule has 0 saturated heterocycles. The lowest BCUT2D eigenvalue weighted by Gasteiger charge is -2.15. The first-order valence-electron chi connectivity index (χ1n) is 5.65. The van der Waals surface area contributed by atoms with Crippen molar-refractivity contribution in [2.75, 3.05) is 20.0 Å². The summed E-state index contributed by atoms with van der Waals surface area (Å²) in [5.74, 6) is 1.24. The first-order chi connectivity index (χ1) is 8.37. The maximum atomic E-state index is 11.2. The smallest absolute Gasteiger partial charge is 0.209 e. The second-order valence-electron chi connectivity index (χ2n) is 3.96. The molecular weight excluding hydrogens is 254 g/mol. The van der Waals surface area contributed by atoms with Crippen molar-refractivity contribution in [2.24, 2.45) is 0 Å². The predicted molar refractivity (Wildman–Crippen MR) is 70.6 cm³/mol. The molecule has 0 bridgehead atoms. The van der Waals surface area contributed by atoms with Crippen molar-refractivity contribution in [1.82, 2.24) is 4.72 Å². The minimum Gasteiger partial charge on any atom is -0.493 e. The van der Waals surface area contributed by atoms with Crippen LogP contribution in [0.1, 0.15) is 25.5 Å². The Balaban J connectivity index is 3.00. The highest BCUT2D eigenvalue weighted by molar-refractivity contribution is 7.88. The van der Waals surface area contributed by atoms with Crippen molar-refractivity contribution in [3.63, 3.8) is 0 Å². The molecule has 0 aliphatic carbocycles. The molecule has 0 unspecified atom stereocenters. The van der Waals surface area contributed by atoms with Gasteiger partial charge in [-0.3, -0.25) is 0 Å². The molecule has 1 aromatic carbocycles. The van der Waals surface area contributed by atoms with E-state index in [9.17, 15) is 8.42 Å². The van der Waals surface area contributed by atoms with Gasteiger partial charge in [-0.15, -0.1) is 0 Å². The molecule has 5 nitrogen and oxygen atoms in total. The van der Waals surface area contributed by atoms with Crippen LogP contribution in [0.25, 0.3) is 0 Å². The van der Waals surface area contributed by atoms with E-state index in [1.165, 1.54) is 0 Å². The summed E-state index contributed by atoms with van der Waals surface area (Å²) in [5.41, 5.74) is 0.824. The van der Waals surface area contributed by atoms with E-state index in [4.69, 9.17) is 9.47 Å². The predicted octanol–water partition coefficient (Wildman–Crippen LogP) is 1.70. The van der Waals surface area contributed by atoms with E-state index in [0.29, 0.717) is 18.1 Å². The highest BCUT2D eigenvalue weighted by Crippen LogP contribution is 2.30. The molecule has 102 valence electrons. The Hall–Kier alpha value is -1.27. The van der Waals surface area contributed by atoms with Crippen molar-refractivity contribution in [2.45, 2.75) is 19.9 Å². The molecule has 0 amide bonds. The van der Waals surface area contributed by atoms with E-state index < -0.39 is 10.0 Å². The van der Waals surface area contributed by atoms with Crippen LogP contribution in [-0.2, 0) is 10.0 Å². The first kappa shape index (κ1) is 14.8. The van der Waals surface area contributed by atoms with Gasteiger partial charge in [0.05, 0.1) is 20.0 Å². The maximum Gasteiger partial charge on any atom is 0.209 e. The number of sulfonamides is 1. The molecule has 1 aromatic rings. The molecule has 0 aliphatic heterocycles. The summed E-state index contributed by atoms with van der Waals surface area (Å²) < 4.78 is 35.5. The molecule has 1 atom stereocenters. The Morgan fingerprint density at radius 1 is 1.33 bits per heavy atom. The molecule has 0 heterocycles. The SMILES string of the molecule is CCOc1cc([C@H](C)NS(C)(=O)=O)ccc1OC. The van der Waals surface area contributed by atoms with Gasteiger partial charge in [0.15, 0.2) is 11.5 Å². The molecule has 6 heteroatoms. The van der Waals surface area contributed by atoms with Gasteiger partial charge in [0.25, 0.3) is 0 Å².